The fourth-order valence-electron chi connectivity index (χ4n) is 2.09. The summed E-state index contributed by atoms with van der Waals surface area (Å²) >= 11 is 0. The van der Waals surface area contributed by atoms with Crippen LogP contribution in [0.2, 0.25) is 0 Å². The van der Waals surface area contributed by atoms with Gasteiger partial charge in [0.1, 0.15) is 11.5 Å². The van der Waals surface area contributed by atoms with Gasteiger partial charge in [0.15, 0.2) is 0 Å². The lowest BCUT2D eigenvalue weighted by atomic mass is 10.2. The molecule has 0 atom stereocenters. The topological polar surface area (TPSA) is 57.3 Å². The van der Waals surface area contributed by atoms with Gasteiger partial charge in [0.05, 0.1) is 18.8 Å². The molecule has 0 saturated carbocycles. The van der Waals surface area contributed by atoms with E-state index < -0.39 is 0 Å². The number of esters is 1. The molecule has 0 aliphatic heterocycles. The fraction of sp³-hybridized carbons (Fsp3) is 0.429. The maximum Gasteiger partial charge on any atom is 0.355 e. The van der Waals surface area contributed by atoms with E-state index in [1.165, 1.54) is 0 Å². The minimum Gasteiger partial charge on any atom is -0.461 e. The van der Waals surface area contributed by atoms with Crippen molar-refractivity contribution in [2.45, 2.75) is 34.2 Å². The Kier molecular flexibility index (Phi) is 3.74. The number of carbonyl (C=O) groups excluding carboxylic acids is 1. The van der Waals surface area contributed by atoms with Gasteiger partial charge in [-0.2, -0.15) is 0 Å². The van der Waals surface area contributed by atoms with Crippen LogP contribution in [0.15, 0.2) is 16.8 Å². The molecule has 0 spiro atoms. The van der Waals surface area contributed by atoms with E-state index in [2.05, 4.69) is 5.16 Å². The number of rotatable bonds is 4. The van der Waals surface area contributed by atoms with Crippen molar-refractivity contribution in [2.24, 2.45) is 0 Å². The highest BCUT2D eigenvalue weighted by Crippen LogP contribution is 2.18. The van der Waals surface area contributed by atoms with Gasteiger partial charge in [-0.15, -0.1) is 0 Å². The Balaban J connectivity index is 2.34. The summed E-state index contributed by atoms with van der Waals surface area (Å²) in [5.74, 6) is 0.482. The molecule has 2 heterocycles. The van der Waals surface area contributed by atoms with Crippen LogP contribution in [-0.4, -0.2) is 22.3 Å². The van der Waals surface area contributed by atoms with Gasteiger partial charge in [-0.25, -0.2) is 4.79 Å². The van der Waals surface area contributed by atoms with Gasteiger partial charge in [-0.1, -0.05) is 5.16 Å². The monoisotopic (exact) mass is 262 g/mol. The Morgan fingerprint density at radius 1 is 1.42 bits per heavy atom. The van der Waals surface area contributed by atoms with Crippen LogP contribution in [0.1, 0.15) is 40.0 Å². The predicted octanol–water partition coefficient (Wildman–Crippen LogP) is 2.63. The van der Waals surface area contributed by atoms with Crippen LogP contribution in [0.5, 0.6) is 0 Å². The second-order valence-corrected chi connectivity index (χ2v) is 4.50. The van der Waals surface area contributed by atoms with Crippen molar-refractivity contribution in [3.63, 3.8) is 0 Å². The zero-order chi connectivity index (χ0) is 14.0. The van der Waals surface area contributed by atoms with E-state index in [9.17, 15) is 4.79 Å². The molecule has 0 aliphatic rings. The number of aromatic nitrogens is 2. The number of carbonyl (C=O) groups is 1. The molecule has 0 bridgehead atoms. The van der Waals surface area contributed by atoms with Crippen LogP contribution in [0, 0.1) is 20.8 Å². The minimum absolute atomic E-state index is 0.295. The average Bonchev–Trinajstić information content (AvgIpc) is 2.87. The zero-order valence-corrected chi connectivity index (χ0v) is 11.7. The first-order valence-electron chi connectivity index (χ1n) is 6.29. The number of hydrogen-bond acceptors (Lipinski definition) is 4. The molecule has 0 unspecified atom stereocenters. The molecule has 102 valence electrons. The second-order valence-electron chi connectivity index (χ2n) is 4.50. The summed E-state index contributed by atoms with van der Waals surface area (Å²) < 4.78 is 12.1. The normalized spacial score (nSPS) is 10.7. The Morgan fingerprint density at radius 2 is 2.16 bits per heavy atom. The molecule has 2 aromatic heterocycles. The van der Waals surface area contributed by atoms with Gasteiger partial charge in [0, 0.05) is 11.8 Å². The standard InChI is InChI=1S/C14H18N2O3/c1-5-18-14(17)13-9(2)6-7-16(13)8-12-10(3)15-19-11(12)4/h6-7H,5,8H2,1-4H3. The Hall–Kier alpha value is -2.04. The van der Waals surface area contributed by atoms with E-state index in [4.69, 9.17) is 9.26 Å². The maximum atomic E-state index is 12.0. The molecule has 0 N–H and O–H groups in total. The lowest BCUT2D eigenvalue weighted by Crippen LogP contribution is -2.14. The van der Waals surface area contributed by atoms with Crippen molar-refractivity contribution in [2.75, 3.05) is 6.61 Å². The van der Waals surface area contributed by atoms with Gasteiger partial charge in [-0.3, -0.25) is 0 Å². The van der Waals surface area contributed by atoms with Crippen molar-refractivity contribution < 1.29 is 14.1 Å². The second kappa shape index (κ2) is 5.30. The molecular weight excluding hydrogens is 244 g/mol. The van der Waals surface area contributed by atoms with Crippen molar-refractivity contribution in [1.29, 1.82) is 0 Å². The third-order valence-electron chi connectivity index (χ3n) is 3.14. The summed E-state index contributed by atoms with van der Waals surface area (Å²) in [7, 11) is 0. The third kappa shape index (κ3) is 2.54. The first kappa shape index (κ1) is 13.4. The highest BCUT2D eigenvalue weighted by molar-refractivity contribution is 5.89. The largest absolute Gasteiger partial charge is 0.461 e. The zero-order valence-electron chi connectivity index (χ0n) is 11.7. The Bertz CT molecular complexity index is 576. The highest BCUT2D eigenvalue weighted by atomic mass is 16.5. The van der Waals surface area contributed by atoms with Gasteiger partial charge in [-0.05, 0) is 39.3 Å². The van der Waals surface area contributed by atoms with Crippen molar-refractivity contribution in [1.82, 2.24) is 9.72 Å². The third-order valence-corrected chi connectivity index (χ3v) is 3.14. The quantitative estimate of drug-likeness (QED) is 0.795. The van der Waals surface area contributed by atoms with E-state index in [1.54, 1.807) is 6.92 Å². The summed E-state index contributed by atoms with van der Waals surface area (Å²) in [6.45, 7) is 8.39. The average molecular weight is 262 g/mol. The van der Waals surface area contributed by atoms with Crippen molar-refractivity contribution in [3.8, 4) is 0 Å². The lowest BCUT2D eigenvalue weighted by Gasteiger charge is -2.09. The van der Waals surface area contributed by atoms with Crippen LogP contribution < -0.4 is 0 Å². The van der Waals surface area contributed by atoms with E-state index in [0.717, 1.165) is 22.6 Å². The van der Waals surface area contributed by atoms with Gasteiger partial charge >= 0.3 is 5.97 Å². The molecule has 0 aromatic carbocycles. The molecule has 19 heavy (non-hydrogen) atoms. The summed E-state index contributed by atoms with van der Waals surface area (Å²) in [5, 5.41) is 3.93. The summed E-state index contributed by atoms with van der Waals surface area (Å²) in [6, 6.07) is 1.91. The number of aryl methyl sites for hydroxylation is 3. The summed E-state index contributed by atoms with van der Waals surface area (Å²) in [6.07, 6.45) is 1.88. The molecule has 0 radical (unpaired) electrons. The van der Waals surface area contributed by atoms with E-state index in [1.807, 2.05) is 37.6 Å². The summed E-state index contributed by atoms with van der Waals surface area (Å²) in [5.41, 5.74) is 3.34. The molecule has 0 fully saturated rings. The van der Waals surface area contributed by atoms with Crippen molar-refractivity contribution in [3.05, 3.63) is 40.5 Å². The molecule has 0 saturated heterocycles. The van der Waals surface area contributed by atoms with E-state index >= 15 is 0 Å². The van der Waals surface area contributed by atoms with E-state index in [0.29, 0.717) is 18.8 Å². The first-order chi connectivity index (χ1) is 9.04. The Morgan fingerprint density at radius 3 is 2.74 bits per heavy atom. The molecule has 2 aromatic rings. The predicted molar refractivity (Wildman–Crippen MR) is 70.2 cm³/mol. The molecular formula is C14H18N2O3. The fourth-order valence-corrected chi connectivity index (χ4v) is 2.09. The molecule has 0 aliphatic carbocycles. The Labute approximate surface area is 112 Å². The molecule has 5 nitrogen and oxygen atoms in total. The van der Waals surface area contributed by atoms with Crippen molar-refractivity contribution >= 4 is 5.97 Å². The van der Waals surface area contributed by atoms with Crippen LogP contribution >= 0.6 is 0 Å². The van der Waals surface area contributed by atoms with Crippen LogP contribution in [-0.2, 0) is 11.3 Å². The van der Waals surface area contributed by atoms with Crippen LogP contribution in [0.3, 0.4) is 0 Å². The highest BCUT2D eigenvalue weighted by Gasteiger charge is 2.18. The molecule has 0 amide bonds. The number of nitrogens with zero attached hydrogens (tertiary/aromatic N) is 2. The summed E-state index contributed by atoms with van der Waals surface area (Å²) in [4.78, 5) is 12.0. The van der Waals surface area contributed by atoms with Gasteiger partial charge < -0.3 is 13.8 Å². The smallest absolute Gasteiger partial charge is 0.355 e. The molecule has 5 heteroatoms. The van der Waals surface area contributed by atoms with E-state index in [-0.39, 0.29) is 5.97 Å². The van der Waals surface area contributed by atoms with Gasteiger partial charge in [0.2, 0.25) is 0 Å². The maximum absolute atomic E-state index is 12.0. The minimum atomic E-state index is -0.295. The number of hydrogen-bond donors (Lipinski definition) is 0. The molecule has 2 rings (SSSR count). The first-order valence-corrected chi connectivity index (χ1v) is 6.29. The number of ether oxygens (including phenoxy) is 1. The van der Waals surface area contributed by atoms with Crippen LogP contribution in [0.25, 0.3) is 0 Å². The lowest BCUT2D eigenvalue weighted by molar-refractivity contribution is 0.0513. The van der Waals surface area contributed by atoms with Crippen LogP contribution in [0.4, 0.5) is 0 Å². The van der Waals surface area contributed by atoms with Gasteiger partial charge in [0.25, 0.3) is 0 Å². The SMILES string of the molecule is CCOC(=O)c1c(C)ccn1Cc1c(C)noc1C.